The first-order valence-corrected chi connectivity index (χ1v) is 5.20. The fourth-order valence-electron chi connectivity index (χ4n) is 1.76. The van der Waals surface area contributed by atoms with Gasteiger partial charge in [-0.05, 0) is 31.4 Å². The van der Waals surface area contributed by atoms with Gasteiger partial charge in [-0.1, -0.05) is 12.1 Å². The smallest absolute Gasteiger partial charge is 0.345 e. The lowest BCUT2D eigenvalue weighted by atomic mass is 9.95. The van der Waals surface area contributed by atoms with Crippen LogP contribution in [0.15, 0.2) is 18.2 Å². The van der Waals surface area contributed by atoms with Crippen LogP contribution >= 0.6 is 0 Å². The Hall–Kier alpha value is -1.58. The summed E-state index contributed by atoms with van der Waals surface area (Å²) in [4.78, 5) is 10.8. The van der Waals surface area contributed by atoms with Crippen LogP contribution in [0.1, 0.15) is 24.5 Å². The number of halogens is 1. The van der Waals surface area contributed by atoms with Crippen LogP contribution in [0.25, 0.3) is 0 Å². The molecule has 0 spiro atoms. The van der Waals surface area contributed by atoms with E-state index in [9.17, 15) is 9.18 Å². The molecule has 0 saturated heterocycles. The number of benzene rings is 1. The second-order valence-corrected chi connectivity index (χ2v) is 4.08. The number of carboxylic acid groups (broad SMARTS) is 1. The van der Waals surface area contributed by atoms with Gasteiger partial charge >= 0.3 is 5.97 Å². The van der Waals surface area contributed by atoms with Crippen molar-refractivity contribution in [3.05, 3.63) is 29.3 Å². The fraction of sp³-hybridized carbons (Fsp3) is 0.417. The summed E-state index contributed by atoms with van der Waals surface area (Å²) in [5.41, 5.74) is -1.23. The Morgan fingerprint density at radius 1 is 1.56 bits per heavy atom. The molecule has 0 radical (unpaired) electrons. The molecule has 1 unspecified atom stereocenters. The lowest BCUT2D eigenvalue weighted by Crippen LogP contribution is -2.27. The van der Waals surface area contributed by atoms with Crippen molar-refractivity contribution < 1.29 is 19.0 Å². The summed E-state index contributed by atoms with van der Waals surface area (Å²) >= 11 is 0. The summed E-state index contributed by atoms with van der Waals surface area (Å²) in [6.45, 7) is 1.65. The number of carbonyl (C=O) groups is 1. The zero-order chi connectivity index (χ0) is 11.8. The number of aliphatic carboxylic acids is 1. The van der Waals surface area contributed by atoms with Crippen molar-refractivity contribution in [3.8, 4) is 5.75 Å². The maximum absolute atomic E-state index is 13.9. The number of fused-ring (bicyclic) bond motifs is 1. The van der Waals surface area contributed by atoms with Crippen LogP contribution in [0, 0.1) is 0 Å². The zero-order valence-electron chi connectivity index (χ0n) is 9.00. The summed E-state index contributed by atoms with van der Waals surface area (Å²) in [5.74, 6) is -0.878. The molecule has 16 heavy (non-hydrogen) atoms. The first-order chi connectivity index (χ1) is 7.51. The molecule has 1 aromatic rings. The topological polar surface area (TPSA) is 46.5 Å². The molecular formula is C12H13FO3. The van der Waals surface area contributed by atoms with Gasteiger partial charge in [-0.15, -0.1) is 0 Å². The van der Waals surface area contributed by atoms with E-state index in [2.05, 4.69) is 0 Å². The van der Waals surface area contributed by atoms with E-state index in [1.165, 1.54) is 12.1 Å². The maximum atomic E-state index is 13.9. The van der Waals surface area contributed by atoms with Crippen LogP contribution in [0.5, 0.6) is 5.75 Å². The summed E-state index contributed by atoms with van der Waals surface area (Å²) < 4.78 is 19.2. The lowest BCUT2D eigenvalue weighted by molar-refractivity contribution is -0.150. The number of hydrogen-bond donors (Lipinski definition) is 1. The minimum atomic E-state index is -2.37. The van der Waals surface area contributed by atoms with Gasteiger partial charge in [0.2, 0.25) is 5.67 Å². The van der Waals surface area contributed by atoms with E-state index >= 15 is 0 Å². The molecule has 1 aliphatic heterocycles. The summed E-state index contributed by atoms with van der Waals surface area (Å²) in [6.07, 6.45) is 1.84. The summed E-state index contributed by atoms with van der Waals surface area (Å²) in [6, 6.07) is 4.74. The predicted octanol–water partition coefficient (Wildman–Crippen LogP) is 2.28. The van der Waals surface area contributed by atoms with Crippen molar-refractivity contribution in [2.45, 2.75) is 25.4 Å². The second kappa shape index (κ2) is 3.77. The molecule has 0 fully saturated rings. The molecule has 1 aromatic carbocycles. The van der Waals surface area contributed by atoms with Crippen molar-refractivity contribution >= 4 is 5.97 Å². The van der Waals surface area contributed by atoms with Gasteiger partial charge in [0, 0.05) is 5.56 Å². The first kappa shape index (κ1) is 10.9. The summed E-state index contributed by atoms with van der Waals surface area (Å²) in [7, 11) is 0. The monoisotopic (exact) mass is 224 g/mol. The third-order valence-corrected chi connectivity index (χ3v) is 2.86. The minimum absolute atomic E-state index is 0.126. The number of rotatable bonds is 2. The van der Waals surface area contributed by atoms with Crippen LogP contribution in [0.2, 0.25) is 0 Å². The molecule has 86 valence electrons. The average Bonchev–Trinajstić information content (AvgIpc) is 2.28. The van der Waals surface area contributed by atoms with Gasteiger partial charge < -0.3 is 9.84 Å². The third kappa shape index (κ3) is 1.75. The largest absolute Gasteiger partial charge is 0.493 e. The standard InChI is InChI=1S/C12H13FO3/c1-12(13,11(14)15)9-5-4-8-3-2-6-16-10(8)7-9/h4-5,7H,2-3,6H2,1H3,(H,14,15). The molecule has 4 heteroatoms. The van der Waals surface area contributed by atoms with E-state index in [1.54, 1.807) is 6.07 Å². The van der Waals surface area contributed by atoms with Gasteiger partial charge in [-0.25, -0.2) is 9.18 Å². The van der Waals surface area contributed by atoms with Crippen molar-refractivity contribution in [1.82, 2.24) is 0 Å². The Kier molecular flexibility index (Phi) is 2.58. The van der Waals surface area contributed by atoms with Gasteiger partial charge in [0.05, 0.1) is 6.61 Å². The molecule has 1 aliphatic rings. The van der Waals surface area contributed by atoms with Gasteiger partial charge in [0.15, 0.2) is 0 Å². The highest BCUT2D eigenvalue weighted by Gasteiger charge is 2.35. The van der Waals surface area contributed by atoms with E-state index in [4.69, 9.17) is 9.84 Å². The molecule has 1 N–H and O–H groups in total. The van der Waals surface area contributed by atoms with Crippen molar-refractivity contribution in [1.29, 1.82) is 0 Å². The molecule has 0 bridgehead atoms. The van der Waals surface area contributed by atoms with Crippen LogP contribution in [0.4, 0.5) is 4.39 Å². The molecule has 0 aromatic heterocycles. The number of aryl methyl sites for hydroxylation is 1. The number of carboxylic acids is 1. The lowest BCUT2D eigenvalue weighted by Gasteiger charge is -2.21. The Bertz CT molecular complexity index is 426. The summed E-state index contributed by atoms with van der Waals surface area (Å²) in [5, 5.41) is 8.78. The molecule has 0 saturated carbocycles. The molecule has 2 rings (SSSR count). The number of hydrogen-bond acceptors (Lipinski definition) is 2. The van der Waals surface area contributed by atoms with Gasteiger partial charge in [-0.3, -0.25) is 0 Å². The first-order valence-electron chi connectivity index (χ1n) is 5.20. The number of ether oxygens (including phenoxy) is 1. The quantitative estimate of drug-likeness (QED) is 0.838. The highest BCUT2D eigenvalue weighted by Crippen LogP contribution is 2.32. The van der Waals surface area contributed by atoms with Gasteiger partial charge in [0.1, 0.15) is 5.75 Å². The van der Waals surface area contributed by atoms with E-state index in [1.807, 2.05) is 0 Å². The highest BCUT2D eigenvalue weighted by atomic mass is 19.1. The van der Waals surface area contributed by atoms with E-state index in [0.717, 1.165) is 25.3 Å². The normalized spacial score (nSPS) is 18.1. The maximum Gasteiger partial charge on any atom is 0.345 e. The van der Waals surface area contributed by atoms with E-state index in [0.29, 0.717) is 12.4 Å². The van der Waals surface area contributed by atoms with Crippen molar-refractivity contribution in [2.24, 2.45) is 0 Å². The van der Waals surface area contributed by atoms with Gasteiger partial charge in [0.25, 0.3) is 0 Å². The highest BCUT2D eigenvalue weighted by molar-refractivity contribution is 5.79. The van der Waals surface area contributed by atoms with E-state index in [-0.39, 0.29) is 5.56 Å². The fourth-order valence-corrected chi connectivity index (χ4v) is 1.76. The Morgan fingerprint density at radius 3 is 3.00 bits per heavy atom. The molecule has 1 heterocycles. The molecular weight excluding hydrogens is 211 g/mol. The molecule has 3 nitrogen and oxygen atoms in total. The Balaban J connectivity index is 2.40. The van der Waals surface area contributed by atoms with E-state index < -0.39 is 11.6 Å². The third-order valence-electron chi connectivity index (χ3n) is 2.86. The number of alkyl halides is 1. The van der Waals surface area contributed by atoms with Crippen LogP contribution in [0.3, 0.4) is 0 Å². The molecule has 0 aliphatic carbocycles. The average molecular weight is 224 g/mol. The second-order valence-electron chi connectivity index (χ2n) is 4.08. The zero-order valence-corrected chi connectivity index (χ0v) is 9.00. The Labute approximate surface area is 92.9 Å². The minimum Gasteiger partial charge on any atom is -0.493 e. The van der Waals surface area contributed by atoms with Crippen molar-refractivity contribution in [2.75, 3.05) is 6.61 Å². The Morgan fingerprint density at radius 2 is 2.31 bits per heavy atom. The van der Waals surface area contributed by atoms with Crippen molar-refractivity contribution in [3.63, 3.8) is 0 Å². The molecule has 0 amide bonds. The SMILES string of the molecule is CC(F)(C(=O)O)c1ccc2c(c1)OCCC2. The predicted molar refractivity (Wildman–Crippen MR) is 56.4 cm³/mol. The van der Waals surface area contributed by atoms with Gasteiger partial charge in [-0.2, -0.15) is 0 Å². The van der Waals surface area contributed by atoms with Crippen LogP contribution in [-0.2, 0) is 16.9 Å². The molecule has 1 atom stereocenters. The van der Waals surface area contributed by atoms with Crippen LogP contribution < -0.4 is 4.74 Å². The van der Waals surface area contributed by atoms with Crippen LogP contribution in [-0.4, -0.2) is 17.7 Å².